The first kappa shape index (κ1) is 22.2. The number of benzene rings is 1. The predicted octanol–water partition coefficient (Wildman–Crippen LogP) is 4.13. The van der Waals surface area contributed by atoms with Crippen LogP contribution in [0.5, 0.6) is 0 Å². The molecule has 2 fully saturated rings. The minimum absolute atomic E-state index is 0. The third kappa shape index (κ3) is 4.08. The van der Waals surface area contributed by atoms with Crippen molar-refractivity contribution in [2.75, 3.05) is 19.7 Å². The number of likely N-dealkylation sites (tertiary alicyclic amines) is 1. The van der Waals surface area contributed by atoms with Gasteiger partial charge >= 0.3 is 0 Å². The highest BCUT2D eigenvalue weighted by atomic mass is 35.5. The molecule has 0 spiro atoms. The molecule has 1 aromatic heterocycles. The Bertz CT molecular complexity index is 819. The van der Waals surface area contributed by atoms with Gasteiger partial charge in [-0.1, -0.05) is 43.6 Å². The molecule has 0 bridgehead atoms. The SMILES string of the molecule is CCOC1CC(N)(c2nc(-c3cccc(CN4CCCCC4)c3)no2)C1(C)C.Cl. The number of aromatic nitrogens is 2. The van der Waals surface area contributed by atoms with Crippen molar-refractivity contribution in [3.05, 3.63) is 35.7 Å². The number of piperidine rings is 1. The average molecular weight is 421 g/mol. The van der Waals surface area contributed by atoms with Crippen molar-refractivity contribution in [3.63, 3.8) is 0 Å². The predicted molar refractivity (Wildman–Crippen MR) is 116 cm³/mol. The Morgan fingerprint density at radius 1 is 1.24 bits per heavy atom. The second-order valence-electron chi connectivity index (χ2n) is 8.80. The lowest BCUT2D eigenvalue weighted by atomic mass is 9.54. The first-order chi connectivity index (χ1) is 13.4. The highest BCUT2D eigenvalue weighted by molar-refractivity contribution is 5.85. The zero-order valence-electron chi connectivity index (χ0n) is 17.7. The molecule has 29 heavy (non-hydrogen) atoms. The van der Waals surface area contributed by atoms with Gasteiger partial charge in [0, 0.05) is 30.6 Å². The van der Waals surface area contributed by atoms with Crippen LogP contribution in [0.15, 0.2) is 28.8 Å². The maximum atomic E-state index is 6.68. The summed E-state index contributed by atoms with van der Waals surface area (Å²) in [6.45, 7) is 10.3. The topological polar surface area (TPSA) is 77.4 Å². The monoisotopic (exact) mass is 420 g/mol. The second-order valence-corrected chi connectivity index (χ2v) is 8.80. The maximum Gasteiger partial charge on any atom is 0.247 e. The quantitative estimate of drug-likeness (QED) is 0.756. The van der Waals surface area contributed by atoms with Crippen molar-refractivity contribution < 1.29 is 9.26 Å². The van der Waals surface area contributed by atoms with E-state index in [0.717, 1.165) is 12.1 Å². The van der Waals surface area contributed by atoms with E-state index in [-0.39, 0.29) is 23.9 Å². The van der Waals surface area contributed by atoms with Crippen LogP contribution in [0.1, 0.15) is 57.9 Å². The van der Waals surface area contributed by atoms with Crippen LogP contribution in [-0.2, 0) is 16.8 Å². The van der Waals surface area contributed by atoms with Gasteiger partial charge in [0.2, 0.25) is 11.7 Å². The molecule has 2 atom stereocenters. The number of nitrogens with zero attached hydrogens (tertiary/aromatic N) is 3. The van der Waals surface area contributed by atoms with Gasteiger partial charge in [0.25, 0.3) is 0 Å². The summed E-state index contributed by atoms with van der Waals surface area (Å²) in [5, 5.41) is 4.24. The normalized spacial score (nSPS) is 26.6. The van der Waals surface area contributed by atoms with Gasteiger partial charge in [0.15, 0.2) is 0 Å². The molecule has 2 aliphatic rings. The molecule has 1 aliphatic carbocycles. The summed E-state index contributed by atoms with van der Waals surface area (Å²) in [6, 6.07) is 8.44. The summed E-state index contributed by atoms with van der Waals surface area (Å²) in [5.41, 5.74) is 8.05. The van der Waals surface area contributed by atoms with Crippen LogP contribution in [0.2, 0.25) is 0 Å². The van der Waals surface area contributed by atoms with E-state index in [2.05, 4.69) is 47.1 Å². The van der Waals surface area contributed by atoms with Gasteiger partial charge in [0.1, 0.15) is 5.54 Å². The first-order valence-corrected chi connectivity index (χ1v) is 10.5. The van der Waals surface area contributed by atoms with E-state index < -0.39 is 5.54 Å². The van der Waals surface area contributed by atoms with Gasteiger partial charge in [0.05, 0.1) is 6.10 Å². The Balaban J connectivity index is 0.00000240. The average Bonchev–Trinajstić information content (AvgIpc) is 3.19. The third-order valence-electron chi connectivity index (χ3n) is 6.68. The van der Waals surface area contributed by atoms with E-state index in [1.807, 2.05) is 13.0 Å². The minimum atomic E-state index is -0.649. The number of nitrogens with two attached hydrogens (primary N) is 1. The molecular formula is C22H33ClN4O2. The van der Waals surface area contributed by atoms with Crippen LogP contribution in [0.4, 0.5) is 0 Å². The largest absolute Gasteiger partial charge is 0.378 e. The first-order valence-electron chi connectivity index (χ1n) is 10.5. The molecule has 4 rings (SSSR count). The molecular weight excluding hydrogens is 388 g/mol. The van der Waals surface area contributed by atoms with E-state index in [1.54, 1.807) is 0 Å². The lowest BCUT2D eigenvalue weighted by molar-refractivity contribution is -0.162. The Labute approximate surface area is 179 Å². The Hall–Kier alpha value is -1.47. The molecule has 6 nitrogen and oxygen atoms in total. The molecule has 1 saturated heterocycles. The Kier molecular flexibility index (Phi) is 6.68. The van der Waals surface area contributed by atoms with Crippen molar-refractivity contribution in [2.24, 2.45) is 11.1 Å². The van der Waals surface area contributed by atoms with E-state index in [9.17, 15) is 0 Å². The number of rotatable bonds is 6. The van der Waals surface area contributed by atoms with Gasteiger partial charge in [-0.05, 0) is 44.5 Å². The zero-order valence-corrected chi connectivity index (χ0v) is 18.5. The van der Waals surface area contributed by atoms with E-state index >= 15 is 0 Å². The van der Waals surface area contributed by atoms with E-state index in [1.165, 1.54) is 37.9 Å². The van der Waals surface area contributed by atoms with Crippen LogP contribution in [-0.4, -0.2) is 40.8 Å². The van der Waals surface area contributed by atoms with Crippen LogP contribution in [0.25, 0.3) is 11.4 Å². The van der Waals surface area contributed by atoms with Crippen molar-refractivity contribution in [3.8, 4) is 11.4 Å². The zero-order chi connectivity index (χ0) is 19.8. The van der Waals surface area contributed by atoms with Crippen LogP contribution in [0.3, 0.4) is 0 Å². The molecule has 2 unspecified atom stereocenters. The third-order valence-corrected chi connectivity index (χ3v) is 6.68. The summed E-state index contributed by atoms with van der Waals surface area (Å²) in [7, 11) is 0. The van der Waals surface area contributed by atoms with Crippen molar-refractivity contribution in [1.82, 2.24) is 15.0 Å². The summed E-state index contributed by atoms with van der Waals surface area (Å²) in [5.74, 6) is 1.11. The fourth-order valence-electron chi connectivity index (χ4n) is 4.50. The molecule has 1 saturated carbocycles. The molecule has 1 aromatic carbocycles. The fourth-order valence-corrected chi connectivity index (χ4v) is 4.50. The smallest absolute Gasteiger partial charge is 0.247 e. The summed E-state index contributed by atoms with van der Waals surface area (Å²) in [4.78, 5) is 7.20. The lowest BCUT2D eigenvalue weighted by Gasteiger charge is -2.56. The highest BCUT2D eigenvalue weighted by Gasteiger charge is 2.62. The van der Waals surface area contributed by atoms with Gasteiger partial charge in [-0.15, -0.1) is 12.4 Å². The van der Waals surface area contributed by atoms with Gasteiger partial charge < -0.3 is 15.0 Å². The standard InChI is InChI=1S/C22H32N4O2.ClH/c1-4-27-18-14-22(23,21(18,2)3)20-24-19(25-28-20)17-10-8-9-16(13-17)15-26-11-6-5-7-12-26;/h8-10,13,18H,4-7,11-12,14-15,23H2,1-3H3;1H. The molecule has 7 heteroatoms. The number of ether oxygens (including phenoxy) is 1. The maximum absolute atomic E-state index is 6.68. The number of halogens is 1. The molecule has 2 N–H and O–H groups in total. The van der Waals surface area contributed by atoms with Gasteiger partial charge in [-0.3, -0.25) is 4.90 Å². The van der Waals surface area contributed by atoms with E-state index in [4.69, 9.17) is 15.0 Å². The van der Waals surface area contributed by atoms with E-state index in [0.29, 0.717) is 24.7 Å². The van der Waals surface area contributed by atoms with Crippen LogP contribution >= 0.6 is 12.4 Å². The van der Waals surface area contributed by atoms with Gasteiger partial charge in [-0.2, -0.15) is 4.98 Å². The molecule has 0 radical (unpaired) electrons. The molecule has 160 valence electrons. The molecule has 2 heterocycles. The van der Waals surface area contributed by atoms with Gasteiger partial charge in [-0.25, -0.2) is 0 Å². The summed E-state index contributed by atoms with van der Waals surface area (Å²) >= 11 is 0. The molecule has 0 amide bonds. The van der Waals surface area contributed by atoms with Crippen molar-refractivity contribution in [1.29, 1.82) is 0 Å². The lowest BCUT2D eigenvalue weighted by Crippen LogP contribution is -2.67. The van der Waals surface area contributed by atoms with Crippen LogP contribution in [0, 0.1) is 5.41 Å². The van der Waals surface area contributed by atoms with Crippen molar-refractivity contribution in [2.45, 2.75) is 64.6 Å². The second kappa shape index (κ2) is 8.72. The molecule has 1 aliphatic heterocycles. The van der Waals surface area contributed by atoms with Crippen molar-refractivity contribution >= 4 is 12.4 Å². The minimum Gasteiger partial charge on any atom is -0.378 e. The van der Waals surface area contributed by atoms with Crippen LogP contribution < -0.4 is 5.73 Å². The summed E-state index contributed by atoms with van der Waals surface area (Å²) in [6.07, 6.45) is 4.76. The fraction of sp³-hybridized carbons (Fsp3) is 0.636. The Morgan fingerprint density at radius 3 is 2.69 bits per heavy atom. The number of hydrogen-bond acceptors (Lipinski definition) is 6. The molecule has 2 aromatic rings. The summed E-state index contributed by atoms with van der Waals surface area (Å²) < 4.78 is 11.4. The Morgan fingerprint density at radius 2 is 2.00 bits per heavy atom. The highest BCUT2D eigenvalue weighted by Crippen LogP contribution is 2.55. The number of hydrogen-bond donors (Lipinski definition) is 1.